The summed E-state index contributed by atoms with van der Waals surface area (Å²) in [6, 6.07) is 0.280. The van der Waals surface area contributed by atoms with Crippen molar-refractivity contribution < 1.29 is 58.2 Å². The van der Waals surface area contributed by atoms with E-state index >= 15 is 0 Å². The number of halogens is 11. The normalized spacial score (nSPS) is 14.5. The Balaban J connectivity index is 3.45. The van der Waals surface area contributed by atoms with Crippen molar-refractivity contribution in [2.24, 2.45) is 0 Å². The van der Waals surface area contributed by atoms with E-state index in [-0.39, 0.29) is 24.3 Å². The summed E-state index contributed by atoms with van der Waals surface area (Å²) in [6.45, 7) is 0. The van der Waals surface area contributed by atoms with Crippen LogP contribution in [0.3, 0.4) is 0 Å². The highest BCUT2D eigenvalue weighted by atomic mass is 19.4. The maximum absolute atomic E-state index is 13.6. The molecule has 1 aromatic rings. The number of carboxylic acid groups (broad SMARTS) is 1. The summed E-state index contributed by atoms with van der Waals surface area (Å²) in [5, 5.41) is 8.48. The molecule has 0 aliphatic carbocycles. The van der Waals surface area contributed by atoms with Gasteiger partial charge in [0.15, 0.2) is 0 Å². The molecule has 0 aliphatic heterocycles. The summed E-state index contributed by atoms with van der Waals surface area (Å²) in [5.74, 6) is -30.0. The molecule has 0 unspecified atom stereocenters. The smallest absolute Gasteiger partial charge is 0.460 e. The number of carbonyl (C=O) groups is 1. The fraction of sp³-hybridized carbons (Fsp3) is 0.417. The molecule has 2 nitrogen and oxygen atoms in total. The van der Waals surface area contributed by atoms with Gasteiger partial charge < -0.3 is 5.11 Å². The van der Waals surface area contributed by atoms with Crippen LogP contribution >= 0.6 is 0 Å². The van der Waals surface area contributed by atoms with Gasteiger partial charge in [0.25, 0.3) is 0 Å². The molecular formula is C12H5F11O2. The van der Waals surface area contributed by atoms with Crippen LogP contribution in [0.2, 0.25) is 0 Å². The molecule has 0 amide bonds. The SMILES string of the molecule is O=C(O)c1ccc(C(F)(F)C(F)(F)C(F)(F)C(F)(F)C(F)(F)F)cc1. The summed E-state index contributed by atoms with van der Waals surface area (Å²) in [4.78, 5) is 10.5. The van der Waals surface area contributed by atoms with Gasteiger partial charge in [0.1, 0.15) is 0 Å². The third-order valence-electron chi connectivity index (χ3n) is 3.03. The minimum atomic E-state index is -7.51. The molecule has 1 rings (SSSR count). The van der Waals surface area contributed by atoms with Gasteiger partial charge in [-0.25, -0.2) is 4.79 Å². The number of hydrogen-bond donors (Lipinski definition) is 1. The fourth-order valence-electron chi connectivity index (χ4n) is 1.58. The minimum Gasteiger partial charge on any atom is -0.478 e. The summed E-state index contributed by atoms with van der Waals surface area (Å²) < 4.78 is 141. The zero-order valence-corrected chi connectivity index (χ0v) is 11.3. The largest absolute Gasteiger partial charge is 0.478 e. The number of alkyl halides is 11. The lowest BCUT2D eigenvalue weighted by Gasteiger charge is -2.37. The Morgan fingerprint density at radius 2 is 1.08 bits per heavy atom. The van der Waals surface area contributed by atoms with E-state index in [1.165, 1.54) is 0 Å². The van der Waals surface area contributed by atoms with E-state index < -0.39 is 47.0 Å². The molecule has 13 heteroatoms. The van der Waals surface area contributed by atoms with E-state index in [9.17, 15) is 53.1 Å². The Kier molecular flexibility index (Phi) is 4.80. The maximum atomic E-state index is 13.6. The number of carboxylic acids is 1. The molecule has 0 aromatic heterocycles. The van der Waals surface area contributed by atoms with Crippen molar-refractivity contribution >= 4 is 5.97 Å². The van der Waals surface area contributed by atoms with Gasteiger partial charge in [-0.3, -0.25) is 0 Å². The summed E-state index contributed by atoms with van der Waals surface area (Å²) in [5.41, 5.74) is -2.84. The lowest BCUT2D eigenvalue weighted by molar-refractivity contribution is -0.424. The Labute approximate surface area is 130 Å². The molecule has 0 heterocycles. The standard InChI is InChI=1S/C12H5F11O2/c13-8(14,6-3-1-5(2-4-6)7(24)25)9(15,16)10(17,18)11(19,20)12(21,22)23/h1-4H,(H,24,25). The van der Waals surface area contributed by atoms with E-state index in [4.69, 9.17) is 5.11 Å². The fourth-order valence-corrected chi connectivity index (χ4v) is 1.58. The van der Waals surface area contributed by atoms with E-state index in [0.29, 0.717) is 0 Å². The van der Waals surface area contributed by atoms with Gasteiger partial charge in [0.05, 0.1) is 5.56 Å². The molecule has 0 atom stereocenters. The molecule has 0 fully saturated rings. The van der Waals surface area contributed by atoms with Crippen LogP contribution in [-0.2, 0) is 5.92 Å². The summed E-state index contributed by atoms with van der Waals surface area (Å²) in [7, 11) is 0. The van der Waals surface area contributed by atoms with Crippen molar-refractivity contribution in [1.29, 1.82) is 0 Å². The minimum absolute atomic E-state index is 0.112. The molecule has 25 heavy (non-hydrogen) atoms. The Bertz CT molecular complexity index is 646. The van der Waals surface area contributed by atoms with Crippen molar-refractivity contribution in [3.05, 3.63) is 35.4 Å². The predicted octanol–water partition coefficient (Wildman–Crippen LogP) is 4.94. The first-order valence-electron chi connectivity index (χ1n) is 5.83. The van der Waals surface area contributed by atoms with Crippen LogP contribution in [0.25, 0.3) is 0 Å². The van der Waals surface area contributed by atoms with Gasteiger partial charge in [-0.05, 0) is 12.1 Å². The van der Waals surface area contributed by atoms with Crippen LogP contribution in [0.15, 0.2) is 24.3 Å². The summed E-state index contributed by atoms with van der Waals surface area (Å²) >= 11 is 0. The first-order valence-corrected chi connectivity index (χ1v) is 5.83. The van der Waals surface area contributed by atoms with Crippen LogP contribution in [-0.4, -0.2) is 35.0 Å². The first-order chi connectivity index (χ1) is 10.9. The molecule has 0 radical (unpaired) electrons. The zero-order chi connectivity index (χ0) is 20.1. The number of aromatic carboxylic acids is 1. The molecule has 1 N–H and O–H groups in total. The quantitative estimate of drug-likeness (QED) is 0.723. The van der Waals surface area contributed by atoms with Crippen LogP contribution in [0.5, 0.6) is 0 Å². The second-order valence-electron chi connectivity index (χ2n) is 4.68. The van der Waals surface area contributed by atoms with E-state index in [0.717, 1.165) is 0 Å². The molecule has 142 valence electrons. The molecule has 0 aliphatic rings. The summed E-state index contributed by atoms with van der Waals surface area (Å²) in [6.07, 6.45) is -7.23. The number of hydrogen-bond acceptors (Lipinski definition) is 1. The molecule has 0 saturated carbocycles. The van der Waals surface area contributed by atoms with Gasteiger partial charge in [-0.15, -0.1) is 0 Å². The zero-order valence-electron chi connectivity index (χ0n) is 11.3. The van der Waals surface area contributed by atoms with Gasteiger partial charge >= 0.3 is 35.8 Å². The van der Waals surface area contributed by atoms with E-state index in [1.54, 1.807) is 0 Å². The first kappa shape index (κ1) is 21.0. The van der Waals surface area contributed by atoms with Crippen molar-refractivity contribution in [3.8, 4) is 0 Å². The second-order valence-corrected chi connectivity index (χ2v) is 4.68. The predicted molar refractivity (Wildman–Crippen MR) is 58.2 cm³/mol. The molecule has 1 aromatic carbocycles. The highest BCUT2D eigenvalue weighted by molar-refractivity contribution is 5.87. The van der Waals surface area contributed by atoms with Crippen molar-refractivity contribution in [3.63, 3.8) is 0 Å². The second kappa shape index (κ2) is 5.73. The lowest BCUT2D eigenvalue weighted by Crippen LogP contribution is -2.65. The Morgan fingerprint density at radius 1 is 0.680 bits per heavy atom. The average molecular weight is 390 g/mol. The Morgan fingerprint density at radius 3 is 1.40 bits per heavy atom. The number of benzene rings is 1. The van der Waals surface area contributed by atoms with Gasteiger partial charge in [0.2, 0.25) is 0 Å². The van der Waals surface area contributed by atoms with Gasteiger partial charge in [-0.1, -0.05) is 12.1 Å². The van der Waals surface area contributed by atoms with E-state index in [1.807, 2.05) is 0 Å². The Hall–Kier alpha value is -2.08. The average Bonchev–Trinajstić information content (AvgIpc) is 2.45. The van der Waals surface area contributed by atoms with Gasteiger partial charge in [-0.2, -0.15) is 48.3 Å². The number of rotatable bonds is 5. The topological polar surface area (TPSA) is 37.3 Å². The lowest BCUT2D eigenvalue weighted by atomic mass is 9.93. The van der Waals surface area contributed by atoms with E-state index in [2.05, 4.69) is 0 Å². The highest BCUT2D eigenvalue weighted by Gasteiger charge is 2.87. The van der Waals surface area contributed by atoms with Crippen LogP contribution in [0.4, 0.5) is 48.3 Å². The van der Waals surface area contributed by atoms with Crippen LogP contribution in [0, 0.1) is 0 Å². The molecule has 0 bridgehead atoms. The van der Waals surface area contributed by atoms with Crippen LogP contribution in [0.1, 0.15) is 15.9 Å². The monoisotopic (exact) mass is 390 g/mol. The molecular weight excluding hydrogens is 385 g/mol. The van der Waals surface area contributed by atoms with Crippen molar-refractivity contribution in [2.45, 2.75) is 29.9 Å². The third-order valence-corrected chi connectivity index (χ3v) is 3.03. The molecule has 0 saturated heterocycles. The molecule has 0 spiro atoms. The van der Waals surface area contributed by atoms with Gasteiger partial charge in [0, 0.05) is 5.56 Å². The van der Waals surface area contributed by atoms with Crippen LogP contribution < -0.4 is 0 Å². The third kappa shape index (κ3) is 2.99. The van der Waals surface area contributed by atoms with Crippen molar-refractivity contribution in [1.82, 2.24) is 0 Å². The highest BCUT2D eigenvalue weighted by Crippen LogP contribution is 2.59. The van der Waals surface area contributed by atoms with Crippen molar-refractivity contribution in [2.75, 3.05) is 0 Å². The maximum Gasteiger partial charge on any atom is 0.460 e.